The fourth-order valence-corrected chi connectivity index (χ4v) is 3.86. The van der Waals surface area contributed by atoms with Crippen LogP contribution in [0.2, 0.25) is 0 Å². The Morgan fingerprint density at radius 3 is 2.67 bits per heavy atom. The molecule has 0 spiro atoms. The molecule has 140 valence electrons. The van der Waals surface area contributed by atoms with Crippen LogP contribution in [0.3, 0.4) is 0 Å². The van der Waals surface area contributed by atoms with E-state index in [2.05, 4.69) is 20.2 Å². The maximum absolute atomic E-state index is 12.5. The molecule has 3 aromatic rings. The van der Waals surface area contributed by atoms with E-state index < -0.39 is 0 Å². The molecule has 1 saturated heterocycles. The van der Waals surface area contributed by atoms with Crippen molar-refractivity contribution < 1.29 is 9.21 Å². The van der Waals surface area contributed by atoms with Crippen LogP contribution in [0.4, 0.5) is 6.01 Å². The van der Waals surface area contributed by atoms with E-state index >= 15 is 0 Å². The molecule has 1 aliphatic heterocycles. The molecule has 0 N–H and O–H groups in total. The predicted molar refractivity (Wildman–Crippen MR) is 101 cm³/mol. The van der Waals surface area contributed by atoms with Gasteiger partial charge in [0.2, 0.25) is 11.8 Å². The van der Waals surface area contributed by atoms with Crippen LogP contribution >= 0.6 is 11.3 Å². The summed E-state index contributed by atoms with van der Waals surface area (Å²) in [6.07, 6.45) is 4.65. The molecule has 0 aliphatic carbocycles. The van der Waals surface area contributed by atoms with Gasteiger partial charge in [0.05, 0.1) is 5.69 Å². The van der Waals surface area contributed by atoms with Crippen molar-refractivity contribution in [2.75, 3.05) is 31.1 Å². The van der Waals surface area contributed by atoms with Gasteiger partial charge in [0.15, 0.2) is 0 Å². The van der Waals surface area contributed by atoms with Crippen LogP contribution in [0.15, 0.2) is 34.3 Å². The summed E-state index contributed by atoms with van der Waals surface area (Å²) in [6, 6.07) is 4.42. The summed E-state index contributed by atoms with van der Waals surface area (Å²) >= 11 is 1.60. The van der Waals surface area contributed by atoms with E-state index in [9.17, 15) is 4.79 Å². The number of aryl methyl sites for hydroxylation is 2. The van der Waals surface area contributed by atoms with E-state index in [0.29, 0.717) is 50.9 Å². The van der Waals surface area contributed by atoms with Crippen LogP contribution in [-0.4, -0.2) is 57.2 Å². The number of carbonyl (C=O) groups is 1. The van der Waals surface area contributed by atoms with Gasteiger partial charge in [0.1, 0.15) is 5.01 Å². The van der Waals surface area contributed by atoms with Gasteiger partial charge in [-0.3, -0.25) is 9.78 Å². The van der Waals surface area contributed by atoms with Crippen LogP contribution < -0.4 is 4.90 Å². The van der Waals surface area contributed by atoms with Crippen molar-refractivity contribution in [3.63, 3.8) is 0 Å². The van der Waals surface area contributed by atoms with E-state index in [4.69, 9.17) is 4.42 Å². The summed E-state index contributed by atoms with van der Waals surface area (Å²) in [7, 11) is 0. The Hall–Kier alpha value is -2.81. The Labute approximate surface area is 160 Å². The van der Waals surface area contributed by atoms with Crippen molar-refractivity contribution in [2.24, 2.45) is 0 Å². The molecule has 1 amide bonds. The molecule has 9 heteroatoms. The molecular weight excluding hydrogens is 364 g/mol. The van der Waals surface area contributed by atoms with Crippen LogP contribution in [0.1, 0.15) is 18.0 Å². The van der Waals surface area contributed by atoms with E-state index in [0.717, 1.165) is 16.3 Å². The number of hydrogen-bond donors (Lipinski definition) is 0. The highest BCUT2D eigenvalue weighted by molar-refractivity contribution is 7.13. The normalized spacial score (nSPS) is 14.6. The lowest BCUT2D eigenvalue weighted by Crippen LogP contribution is -2.49. The Bertz CT molecular complexity index is 901. The van der Waals surface area contributed by atoms with Gasteiger partial charge in [-0.1, -0.05) is 5.10 Å². The predicted octanol–water partition coefficient (Wildman–Crippen LogP) is 2.18. The van der Waals surface area contributed by atoms with E-state index in [1.807, 2.05) is 27.3 Å². The average Bonchev–Trinajstić information content (AvgIpc) is 3.36. The van der Waals surface area contributed by atoms with Gasteiger partial charge in [-0.2, -0.15) is 0 Å². The first kappa shape index (κ1) is 17.6. The standard InChI is InChI=1S/C18H20N6O2S/c1-13-21-22-18(26-13)24-10-8-23(9-11-24)16(25)3-2-15-12-27-17(20-15)14-4-6-19-7-5-14/h4-7,12H,2-3,8-11H2,1H3. The van der Waals surface area contributed by atoms with Crippen molar-refractivity contribution in [1.82, 2.24) is 25.1 Å². The minimum atomic E-state index is 0.162. The van der Waals surface area contributed by atoms with Crippen LogP contribution in [-0.2, 0) is 11.2 Å². The summed E-state index contributed by atoms with van der Waals surface area (Å²) in [6.45, 7) is 4.51. The molecule has 8 nitrogen and oxygen atoms in total. The van der Waals surface area contributed by atoms with Crippen molar-refractivity contribution in [1.29, 1.82) is 0 Å². The topological polar surface area (TPSA) is 88.3 Å². The summed E-state index contributed by atoms with van der Waals surface area (Å²) in [5.41, 5.74) is 2.01. The van der Waals surface area contributed by atoms with Crippen LogP contribution in [0, 0.1) is 6.92 Å². The van der Waals surface area contributed by atoms with Gasteiger partial charge in [0.25, 0.3) is 0 Å². The third-order valence-electron chi connectivity index (χ3n) is 4.49. The molecule has 27 heavy (non-hydrogen) atoms. The molecule has 0 radical (unpaired) electrons. The molecular formula is C18H20N6O2S. The number of rotatable bonds is 5. The Morgan fingerprint density at radius 2 is 1.96 bits per heavy atom. The lowest BCUT2D eigenvalue weighted by atomic mass is 10.2. The number of amides is 1. The number of pyridine rings is 1. The summed E-state index contributed by atoms with van der Waals surface area (Å²) in [4.78, 5) is 25.1. The second kappa shape index (κ2) is 7.83. The lowest BCUT2D eigenvalue weighted by molar-refractivity contribution is -0.131. The Morgan fingerprint density at radius 1 is 1.19 bits per heavy atom. The molecule has 3 aromatic heterocycles. The molecule has 1 aliphatic rings. The van der Waals surface area contributed by atoms with Crippen LogP contribution in [0.5, 0.6) is 0 Å². The van der Waals surface area contributed by atoms with Gasteiger partial charge in [-0.05, 0) is 18.6 Å². The van der Waals surface area contributed by atoms with Gasteiger partial charge in [-0.25, -0.2) is 4.98 Å². The lowest BCUT2D eigenvalue weighted by Gasteiger charge is -2.33. The molecule has 0 saturated carbocycles. The molecule has 1 fully saturated rings. The van der Waals surface area contributed by atoms with Crippen molar-refractivity contribution in [3.05, 3.63) is 41.5 Å². The first-order valence-electron chi connectivity index (χ1n) is 8.86. The quantitative estimate of drug-likeness (QED) is 0.666. The Kier molecular flexibility index (Phi) is 5.10. The first-order valence-corrected chi connectivity index (χ1v) is 9.74. The molecule has 0 unspecified atom stereocenters. The minimum absolute atomic E-state index is 0.162. The second-order valence-electron chi connectivity index (χ2n) is 6.35. The zero-order chi connectivity index (χ0) is 18.6. The number of thiazole rings is 1. The highest BCUT2D eigenvalue weighted by Gasteiger charge is 2.23. The zero-order valence-electron chi connectivity index (χ0n) is 15.0. The third-order valence-corrected chi connectivity index (χ3v) is 5.43. The third kappa shape index (κ3) is 4.13. The molecule has 4 rings (SSSR count). The zero-order valence-corrected chi connectivity index (χ0v) is 15.9. The van der Waals surface area contributed by atoms with Gasteiger partial charge < -0.3 is 14.2 Å². The van der Waals surface area contributed by atoms with E-state index in [1.54, 1.807) is 30.7 Å². The fraction of sp³-hybridized carbons (Fsp3) is 0.389. The number of aromatic nitrogens is 4. The number of hydrogen-bond acceptors (Lipinski definition) is 8. The highest BCUT2D eigenvalue weighted by Crippen LogP contribution is 2.23. The Balaban J connectivity index is 1.27. The maximum atomic E-state index is 12.5. The summed E-state index contributed by atoms with van der Waals surface area (Å²) in [5, 5.41) is 10.9. The average molecular weight is 384 g/mol. The summed E-state index contributed by atoms with van der Waals surface area (Å²) in [5.74, 6) is 0.715. The number of piperazine rings is 1. The number of anilines is 1. The van der Waals surface area contributed by atoms with E-state index in [1.165, 1.54) is 0 Å². The largest absolute Gasteiger partial charge is 0.408 e. The molecule has 0 aromatic carbocycles. The first-order chi connectivity index (χ1) is 13.2. The number of nitrogens with zero attached hydrogens (tertiary/aromatic N) is 6. The number of carbonyl (C=O) groups excluding carboxylic acids is 1. The van der Waals surface area contributed by atoms with Crippen molar-refractivity contribution in [2.45, 2.75) is 19.8 Å². The SMILES string of the molecule is Cc1nnc(N2CCN(C(=O)CCc3csc(-c4ccncc4)n3)CC2)o1. The molecule has 0 bridgehead atoms. The molecule has 0 atom stereocenters. The van der Waals surface area contributed by atoms with Crippen molar-refractivity contribution in [3.8, 4) is 10.6 Å². The fourth-order valence-electron chi connectivity index (χ4n) is 3.00. The monoisotopic (exact) mass is 384 g/mol. The maximum Gasteiger partial charge on any atom is 0.318 e. The summed E-state index contributed by atoms with van der Waals surface area (Å²) < 4.78 is 5.45. The second-order valence-corrected chi connectivity index (χ2v) is 7.21. The smallest absolute Gasteiger partial charge is 0.318 e. The van der Waals surface area contributed by atoms with Crippen LogP contribution in [0.25, 0.3) is 10.6 Å². The van der Waals surface area contributed by atoms with Gasteiger partial charge >= 0.3 is 6.01 Å². The van der Waals surface area contributed by atoms with E-state index in [-0.39, 0.29) is 5.91 Å². The van der Waals surface area contributed by atoms with Gasteiger partial charge in [0, 0.05) is 62.9 Å². The van der Waals surface area contributed by atoms with Crippen molar-refractivity contribution >= 4 is 23.3 Å². The highest BCUT2D eigenvalue weighted by atomic mass is 32.1. The molecule has 4 heterocycles. The van der Waals surface area contributed by atoms with Gasteiger partial charge in [-0.15, -0.1) is 16.4 Å². The minimum Gasteiger partial charge on any atom is -0.408 e.